The van der Waals surface area contributed by atoms with Gasteiger partial charge in [0.1, 0.15) is 11.9 Å². The van der Waals surface area contributed by atoms with Crippen LogP contribution in [0.4, 0.5) is 16.4 Å². The van der Waals surface area contributed by atoms with Crippen molar-refractivity contribution < 1.29 is 18.7 Å². The van der Waals surface area contributed by atoms with Gasteiger partial charge in [0.15, 0.2) is 14.1 Å². The molecule has 2 aromatic rings. The summed E-state index contributed by atoms with van der Waals surface area (Å²) in [5, 5.41) is 11.6. The van der Waals surface area contributed by atoms with Crippen LogP contribution in [0.15, 0.2) is 18.5 Å². The summed E-state index contributed by atoms with van der Waals surface area (Å²) in [7, 11) is -1.81. The molecule has 2 atom stereocenters. The van der Waals surface area contributed by atoms with E-state index in [2.05, 4.69) is 81.3 Å². The molecule has 2 aliphatic carbocycles. The minimum atomic E-state index is -1.81. The Morgan fingerprint density at radius 1 is 1.00 bits per heavy atom. The first-order chi connectivity index (χ1) is 19.8. The molecule has 10 nitrogen and oxygen atoms in total. The molecule has 2 N–H and O–H groups in total. The zero-order valence-corrected chi connectivity index (χ0v) is 29.2. The molecule has 0 radical (unpaired) electrons. The van der Waals surface area contributed by atoms with Crippen LogP contribution in [-0.2, 0) is 14.7 Å². The summed E-state index contributed by atoms with van der Waals surface area (Å²) in [5.74, 6) is 2.63. The van der Waals surface area contributed by atoms with Gasteiger partial charge in [0, 0.05) is 29.5 Å². The molecule has 2 aliphatic rings. The topological polar surface area (TPSA) is 112 Å². The molecular weight excluding hydrogens is 560 g/mol. The van der Waals surface area contributed by atoms with Crippen molar-refractivity contribution in [2.45, 2.75) is 142 Å². The second-order valence-electron chi connectivity index (χ2n) is 16.0. The summed E-state index contributed by atoms with van der Waals surface area (Å²) in [5.41, 5.74) is 0.564. The van der Waals surface area contributed by atoms with Gasteiger partial charge in [0.05, 0.1) is 30.2 Å². The number of nitrogens with one attached hydrogen (secondary N) is 2. The smallest absolute Gasteiger partial charge is 0.407 e. The van der Waals surface area contributed by atoms with Crippen LogP contribution in [0.25, 0.3) is 0 Å². The molecule has 2 fully saturated rings. The van der Waals surface area contributed by atoms with Gasteiger partial charge in [0.25, 0.3) is 0 Å². The van der Waals surface area contributed by atoms with Crippen LogP contribution in [0.5, 0.6) is 5.88 Å². The Labute approximate surface area is 259 Å². The Morgan fingerprint density at radius 3 is 2.33 bits per heavy atom. The van der Waals surface area contributed by atoms with E-state index in [-0.39, 0.29) is 28.3 Å². The molecule has 0 spiro atoms. The maximum atomic E-state index is 12.0. The zero-order chi connectivity index (χ0) is 31.8. The van der Waals surface area contributed by atoms with Crippen LogP contribution in [-0.4, -0.2) is 58.5 Å². The number of anilines is 2. The van der Waals surface area contributed by atoms with Gasteiger partial charge < -0.3 is 24.5 Å². The SMILES string of the molecule is CC(C)(C)NC(=O)OC1CC(COc2cncc(Nc3cc([C@H]4CC[C@@H](O[Si](C)(C)C(C)(C)C)C4)nn3C(C)(C)C)n2)C1. The molecule has 1 amide bonds. The highest BCUT2D eigenvalue weighted by molar-refractivity contribution is 6.74. The molecule has 0 aliphatic heterocycles. The van der Waals surface area contributed by atoms with Gasteiger partial charge in [-0.05, 0) is 91.8 Å². The van der Waals surface area contributed by atoms with E-state index in [9.17, 15) is 4.79 Å². The van der Waals surface area contributed by atoms with Gasteiger partial charge in [0.2, 0.25) is 5.88 Å². The summed E-state index contributed by atoms with van der Waals surface area (Å²) in [6.45, 7) is 24.3. The van der Waals surface area contributed by atoms with Crippen molar-refractivity contribution in [2.24, 2.45) is 5.92 Å². The Balaban J connectivity index is 1.34. The Kier molecular flexibility index (Phi) is 9.57. The van der Waals surface area contributed by atoms with Crippen LogP contribution in [0, 0.1) is 5.92 Å². The summed E-state index contributed by atoms with van der Waals surface area (Å²) in [4.78, 5) is 21.0. The normalized spacial score (nSPS) is 23.0. The molecule has 2 saturated carbocycles. The molecule has 2 aromatic heterocycles. The molecule has 0 unspecified atom stereocenters. The van der Waals surface area contributed by atoms with Crippen LogP contribution in [0.3, 0.4) is 0 Å². The average Bonchev–Trinajstić information content (AvgIpc) is 3.45. The fraction of sp³-hybridized carbons (Fsp3) is 0.750. The van der Waals surface area contributed by atoms with Crippen molar-refractivity contribution in [1.29, 1.82) is 0 Å². The van der Waals surface area contributed by atoms with Crippen LogP contribution < -0.4 is 15.4 Å². The van der Waals surface area contributed by atoms with Gasteiger partial charge in [-0.2, -0.15) is 10.1 Å². The van der Waals surface area contributed by atoms with E-state index in [1.165, 1.54) is 0 Å². The van der Waals surface area contributed by atoms with Gasteiger partial charge in [-0.3, -0.25) is 4.98 Å². The molecule has 0 bridgehead atoms. The zero-order valence-electron chi connectivity index (χ0n) is 28.2. The fourth-order valence-corrected chi connectivity index (χ4v) is 6.72. The molecular formula is C32H54N6O4Si. The molecule has 43 heavy (non-hydrogen) atoms. The van der Waals surface area contributed by atoms with E-state index >= 15 is 0 Å². The monoisotopic (exact) mass is 614 g/mol. The molecule has 4 rings (SSSR count). The highest BCUT2D eigenvalue weighted by atomic mass is 28.4. The standard InChI is InChI=1S/C32H54N6O4Si/c1-30(2,3)36-29(39)41-24-14-21(15-24)20-40-28-19-33-18-26(35-28)34-27-17-25(37-38(27)31(4,5)6)22-12-13-23(16-22)42-43(10,11)32(7,8)9/h17-19,21-24H,12-16,20H2,1-11H3,(H,34,35)(H,36,39)/t21?,22-,23+,24?/m0/s1. The van der Waals surface area contributed by atoms with Crippen molar-refractivity contribution >= 4 is 26.0 Å². The van der Waals surface area contributed by atoms with E-state index in [0.29, 0.717) is 36.2 Å². The first kappa shape index (κ1) is 33.2. The Morgan fingerprint density at radius 2 is 1.70 bits per heavy atom. The number of aromatic nitrogens is 4. The lowest BCUT2D eigenvalue weighted by Gasteiger charge is -2.38. The highest BCUT2D eigenvalue weighted by Crippen LogP contribution is 2.43. The van der Waals surface area contributed by atoms with E-state index in [0.717, 1.165) is 43.6 Å². The second kappa shape index (κ2) is 12.4. The Bertz CT molecular complexity index is 1250. The number of rotatable bonds is 9. The van der Waals surface area contributed by atoms with Crippen LogP contribution >= 0.6 is 0 Å². The van der Waals surface area contributed by atoms with E-state index < -0.39 is 8.32 Å². The first-order valence-electron chi connectivity index (χ1n) is 15.8. The third-order valence-electron chi connectivity index (χ3n) is 8.71. The van der Waals surface area contributed by atoms with Crippen molar-refractivity contribution in [3.05, 3.63) is 24.2 Å². The molecule has 11 heteroatoms. The minimum absolute atomic E-state index is 0.0734. The van der Waals surface area contributed by atoms with Crippen molar-refractivity contribution in [3.63, 3.8) is 0 Å². The predicted molar refractivity (Wildman–Crippen MR) is 173 cm³/mol. The van der Waals surface area contributed by atoms with Crippen LogP contribution in [0.2, 0.25) is 18.1 Å². The van der Waals surface area contributed by atoms with E-state index in [4.69, 9.17) is 19.0 Å². The average molecular weight is 615 g/mol. The predicted octanol–water partition coefficient (Wildman–Crippen LogP) is 7.51. The summed E-state index contributed by atoms with van der Waals surface area (Å²) in [6, 6.07) is 2.16. The third-order valence-corrected chi connectivity index (χ3v) is 13.2. The number of hydrogen-bond donors (Lipinski definition) is 2. The van der Waals surface area contributed by atoms with E-state index in [1.807, 2.05) is 25.5 Å². The van der Waals surface area contributed by atoms with Crippen molar-refractivity contribution in [3.8, 4) is 5.88 Å². The number of carbonyl (C=O) groups is 1. The lowest BCUT2D eigenvalue weighted by atomic mass is 9.83. The summed E-state index contributed by atoms with van der Waals surface area (Å²) >= 11 is 0. The first-order valence-corrected chi connectivity index (χ1v) is 18.7. The maximum Gasteiger partial charge on any atom is 0.407 e. The number of carbonyl (C=O) groups excluding carboxylic acids is 1. The summed E-state index contributed by atoms with van der Waals surface area (Å²) in [6.07, 6.45) is 7.89. The third kappa shape index (κ3) is 8.94. The lowest BCUT2D eigenvalue weighted by Crippen LogP contribution is -2.45. The van der Waals surface area contributed by atoms with Crippen LogP contribution in [0.1, 0.15) is 106 Å². The number of hydrogen-bond acceptors (Lipinski definition) is 8. The largest absolute Gasteiger partial charge is 0.476 e. The van der Waals surface area contributed by atoms with Crippen molar-refractivity contribution in [2.75, 3.05) is 11.9 Å². The molecule has 0 saturated heterocycles. The summed E-state index contributed by atoms with van der Waals surface area (Å²) < 4.78 is 20.3. The Hall–Kier alpha value is -2.66. The number of alkyl carbamates (subject to hydrolysis) is 1. The second-order valence-corrected chi connectivity index (χ2v) is 20.7. The molecule has 240 valence electrons. The fourth-order valence-electron chi connectivity index (χ4n) is 5.31. The number of amides is 1. The molecule has 2 heterocycles. The van der Waals surface area contributed by atoms with Gasteiger partial charge in [-0.1, -0.05) is 20.8 Å². The highest BCUT2D eigenvalue weighted by Gasteiger charge is 2.41. The molecule has 0 aromatic carbocycles. The number of ether oxygens (including phenoxy) is 2. The van der Waals surface area contributed by atoms with E-state index in [1.54, 1.807) is 12.4 Å². The quantitative estimate of drug-likeness (QED) is 0.279. The minimum Gasteiger partial charge on any atom is -0.476 e. The maximum absolute atomic E-state index is 12.0. The van der Waals surface area contributed by atoms with Gasteiger partial charge in [-0.25, -0.2) is 9.48 Å². The number of nitrogens with zero attached hydrogens (tertiary/aromatic N) is 4. The van der Waals surface area contributed by atoms with Crippen molar-refractivity contribution in [1.82, 2.24) is 25.1 Å². The van der Waals surface area contributed by atoms with Gasteiger partial charge in [-0.15, -0.1) is 0 Å². The lowest BCUT2D eigenvalue weighted by molar-refractivity contribution is -0.00123. The van der Waals surface area contributed by atoms with Gasteiger partial charge >= 0.3 is 6.09 Å².